The van der Waals surface area contributed by atoms with Crippen molar-refractivity contribution in [1.29, 1.82) is 0 Å². The van der Waals surface area contributed by atoms with Gasteiger partial charge in [0.15, 0.2) is 0 Å². The van der Waals surface area contributed by atoms with Gasteiger partial charge in [-0.15, -0.1) is 0 Å². The second-order valence-corrected chi connectivity index (χ2v) is 3.99. The fourth-order valence-corrected chi connectivity index (χ4v) is 1.98. The monoisotopic (exact) mass is 264 g/mol. The Bertz CT molecular complexity index is 313. The van der Waals surface area contributed by atoms with Crippen LogP contribution >= 0.6 is 15.9 Å². The highest BCUT2D eigenvalue weighted by molar-refractivity contribution is 9.10. The summed E-state index contributed by atoms with van der Waals surface area (Å²) in [6.07, 6.45) is 0. The molecule has 0 aliphatic carbocycles. The number of hydrogen-bond donors (Lipinski definition) is 0. The van der Waals surface area contributed by atoms with E-state index in [0.717, 1.165) is 5.56 Å². The van der Waals surface area contributed by atoms with Crippen LogP contribution in [0.4, 0.5) is 8.78 Å². The summed E-state index contributed by atoms with van der Waals surface area (Å²) < 4.78 is 28.9. The molecule has 0 saturated heterocycles. The number of ether oxygens (including phenoxy) is 1. The standard InChI is InChI=1S/C10H11BrF2O/c1-6(2)7-4-3-5-8(9(7)11)14-10(12)13/h3-6,10H,1-2H3. The summed E-state index contributed by atoms with van der Waals surface area (Å²) in [7, 11) is 0. The lowest BCUT2D eigenvalue weighted by Gasteiger charge is -2.12. The van der Waals surface area contributed by atoms with E-state index in [1.165, 1.54) is 6.07 Å². The van der Waals surface area contributed by atoms with E-state index in [9.17, 15) is 8.78 Å². The lowest BCUT2D eigenvalue weighted by Crippen LogP contribution is -2.03. The van der Waals surface area contributed by atoms with Crippen LogP contribution in [0.1, 0.15) is 25.3 Å². The Morgan fingerprint density at radius 2 is 1.93 bits per heavy atom. The molecule has 0 aliphatic heterocycles. The van der Waals surface area contributed by atoms with Gasteiger partial charge in [0.05, 0.1) is 4.47 Å². The van der Waals surface area contributed by atoms with Gasteiger partial charge in [0, 0.05) is 0 Å². The van der Waals surface area contributed by atoms with Crippen molar-refractivity contribution >= 4 is 15.9 Å². The van der Waals surface area contributed by atoms with E-state index in [0.29, 0.717) is 4.47 Å². The summed E-state index contributed by atoms with van der Waals surface area (Å²) in [6, 6.07) is 5.10. The first kappa shape index (κ1) is 11.4. The van der Waals surface area contributed by atoms with Gasteiger partial charge in [0.2, 0.25) is 0 Å². The second kappa shape index (κ2) is 4.73. The third-order valence-electron chi connectivity index (χ3n) is 1.83. The van der Waals surface area contributed by atoms with Gasteiger partial charge < -0.3 is 4.74 Å². The Morgan fingerprint density at radius 1 is 1.29 bits per heavy atom. The van der Waals surface area contributed by atoms with Crippen molar-refractivity contribution < 1.29 is 13.5 Å². The maximum Gasteiger partial charge on any atom is 0.387 e. The Labute approximate surface area is 90.2 Å². The van der Waals surface area contributed by atoms with Gasteiger partial charge in [-0.1, -0.05) is 26.0 Å². The largest absolute Gasteiger partial charge is 0.434 e. The van der Waals surface area contributed by atoms with E-state index < -0.39 is 6.61 Å². The first-order valence-electron chi connectivity index (χ1n) is 4.25. The highest BCUT2D eigenvalue weighted by Gasteiger charge is 2.12. The summed E-state index contributed by atoms with van der Waals surface area (Å²) in [5.74, 6) is 0.455. The molecule has 4 heteroatoms. The van der Waals surface area contributed by atoms with E-state index in [1.807, 2.05) is 19.9 Å². The molecule has 0 N–H and O–H groups in total. The average Bonchev–Trinajstić information content (AvgIpc) is 2.07. The van der Waals surface area contributed by atoms with Gasteiger partial charge in [0.1, 0.15) is 5.75 Å². The lowest BCUT2D eigenvalue weighted by atomic mass is 10.0. The van der Waals surface area contributed by atoms with Crippen LogP contribution in [0, 0.1) is 0 Å². The molecule has 1 nitrogen and oxygen atoms in total. The second-order valence-electron chi connectivity index (χ2n) is 3.19. The molecule has 0 radical (unpaired) electrons. The third kappa shape index (κ3) is 2.67. The van der Waals surface area contributed by atoms with Crippen molar-refractivity contribution in [2.24, 2.45) is 0 Å². The third-order valence-corrected chi connectivity index (χ3v) is 2.68. The van der Waals surface area contributed by atoms with Gasteiger partial charge in [-0.05, 0) is 33.5 Å². The summed E-state index contributed by atoms with van der Waals surface area (Å²) in [5.41, 5.74) is 0.961. The van der Waals surface area contributed by atoms with E-state index in [4.69, 9.17) is 0 Å². The molecule has 0 bridgehead atoms. The number of rotatable bonds is 3. The van der Waals surface area contributed by atoms with Gasteiger partial charge in [-0.2, -0.15) is 8.78 Å². The van der Waals surface area contributed by atoms with Gasteiger partial charge in [0.25, 0.3) is 0 Å². The molecule has 0 spiro atoms. The average molecular weight is 265 g/mol. The summed E-state index contributed by atoms with van der Waals surface area (Å²) in [4.78, 5) is 0. The molecule has 1 rings (SSSR count). The van der Waals surface area contributed by atoms with Crippen molar-refractivity contribution in [2.45, 2.75) is 26.4 Å². The zero-order chi connectivity index (χ0) is 10.7. The van der Waals surface area contributed by atoms with Crippen LogP contribution in [0.25, 0.3) is 0 Å². The zero-order valence-electron chi connectivity index (χ0n) is 7.93. The molecule has 0 fully saturated rings. The summed E-state index contributed by atoms with van der Waals surface area (Å²) >= 11 is 3.25. The molecule has 0 aliphatic rings. The molecule has 0 saturated carbocycles. The molecule has 0 heterocycles. The maximum atomic E-state index is 12.0. The Morgan fingerprint density at radius 3 is 2.43 bits per heavy atom. The first-order valence-corrected chi connectivity index (χ1v) is 5.05. The number of halogens is 3. The minimum atomic E-state index is -2.78. The molecule has 0 amide bonds. The van der Waals surface area contributed by atoms with E-state index in [2.05, 4.69) is 20.7 Å². The predicted molar refractivity (Wildman–Crippen MR) is 54.9 cm³/mol. The van der Waals surface area contributed by atoms with Crippen molar-refractivity contribution in [2.75, 3.05) is 0 Å². The Hall–Kier alpha value is -0.640. The smallest absolute Gasteiger partial charge is 0.387 e. The van der Waals surface area contributed by atoms with Crippen molar-refractivity contribution in [3.63, 3.8) is 0 Å². The summed E-state index contributed by atoms with van der Waals surface area (Å²) in [6.45, 7) is 1.20. The molecule has 1 aromatic carbocycles. The molecule has 78 valence electrons. The van der Waals surface area contributed by atoms with Crippen LogP contribution in [-0.2, 0) is 0 Å². The van der Waals surface area contributed by atoms with Crippen LogP contribution in [0.5, 0.6) is 5.75 Å². The van der Waals surface area contributed by atoms with Crippen LogP contribution in [0.2, 0.25) is 0 Å². The van der Waals surface area contributed by atoms with Crippen molar-refractivity contribution in [3.05, 3.63) is 28.2 Å². The van der Waals surface area contributed by atoms with Gasteiger partial charge in [-0.3, -0.25) is 0 Å². The molecule has 0 aromatic heterocycles. The van der Waals surface area contributed by atoms with Crippen LogP contribution in [-0.4, -0.2) is 6.61 Å². The van der Waals surface area contributed by atoms with Crippen molar-refractivity contribution in [1.82, 2.24) is 0 Å². The zero-order valence-corrected chi connectivity index (χ0v) is 9.51. The molecule has 1 aromatic rings. The fraction of sp³-hybridized carbons (Fsp3) is 0.400. The van der Waals surface area contributed by atoms with Gasteiger partial charge >= 0.3 is 6.61 Å². The van der Waals surface area contributed by atoms with Crippen LogP contribution in [0.15, 0.2) is 22.7 Å². The van der Waals surface area contributed by atoms with Crippen molar-refractivity contribution in [3.8, 4) is 5.75 Å². The molecule has 14 heavy (non-hydrogen) atoms. The number of benzene rings is 1. The highest BCUT2D eigenvalue weighted by atomic mass is 79.9. The first-order chi connectivity index (χ1) is 6.52. The number of hydrogen-bond acceptors (Lipinski definition) is 1. The van der Waals surface area contributed by atoms with Gasteiger partial charge in [-0.25, -0.2) is 0 Å². The quantitative estimate of drug-likeness (QED) is 0.796. The van der Waals surface area contributed by atoms with E-state index in [1.54, 1.807) is 6.07 Å². The van der Waals surface area contributed by atoms with E-state index >= 15 is 0 Å². The normalized spacial score (nSPS) is 11.1. The fourth-order valence-electron chi connectivity index (χ4n) is 1.16. The summed E-state index contributed by atoms with van der Waals surface area (Å²) in [5, 5.41) is 0. The number of alkyl halides is 2. The minimum absolute atomic E-state index is 0.186. The molecular formula is C10H11BrF2O. The SMILES string of the molecule is CC(C)c1cccc(OC(F)F)c1Br. The topological polar surface area (TPSA) is 9.23 Å². The van der Waals surface area contributed by atoms with Crippen LogP contribution < -0.4 is 4.74 Å². The highest BCUT2D eigenvalue weighted by Crippen LogP contribution is 2.33. The van der Waals surface area contributed by atoms with Crippen LogP contribution in [0.3, 0.4) is 0 Å². The van der Waals surface area contributed by atoms with E-state index in [-0.39, 0.29) is 11.7 Å². The molecule has 0 unspecified atom stereocenters. The lowest BCUT2D eigenvalue weighted by molar-refractivity contribution is -0.0504. The Balaban J connectivity index is 3.01. The molecular weight excluding hydrogens is 254 g/mol. The maximum absolute atomic E-state index is 12.0. The molecule has 0 atom stereocenters. The Kier molecular flexibility index (Phi) is 3.86. The predicted octanol–water partition coefficient (Wildman–Crippen LogP) is 4.17. The minimum Gasteiger partial charge on any atom is -0.434 e.